The molecule has 3 aromatic carbocycles. The van der Waals surface area contributed by atoms with Crippen LogP contribution in [0, 0.1) is 0 Å². The van der Waals surface area contributed by atoms with Crippen LogP contribution >= 0.6 is 0 Å². The smallest absolute Gasteiger partial charge is 0.127 e. The first kappa shape index (κ1) is 24.1. The van der Waals surface area contributed by atoms with E-state index in [1.54, 1.807) is 0 Å². The molecule has 0 aliphatic carbocycles. The summed E-state index contributed by atoms with van der Waals surface area (Å²) in [7, 11) is 0. The minimum absolute atomic E-state index is 0.0166. The minimum atomic E-state index is -0.0166. The highest BCUT2D eigenvalue weighted by Gasteiger charge is 2.26. The predicted octanol–water partition coefficient (Wildman–Crippen LogP) is 8.61. The van der Waals surface area contributed by atoms with Crippen molar-refractivity contribution in [1.29, 1.82) is 0 Å². The second-order valence-corrected chi connectivity index (χ2v) is 9.62. The first-order chi connectivity index (χ1) is 15.3. The third kappa shape index (κ3) is 6.01. The molecule has 0 amide bonds. The van der Waals surface area contributed by atoms with Crippen molar-refractivity contribution in [3.8, 4) is 11.5 Å². The van der Waals surface area contributed by atoms with Crippen molar-refractivity contribution in [3.05, 3.63) is 95.1 Å². The molecular formula is C30H38O2. The molecule has 0 saturated carbocycles. The maximum atomic E-state index is 6.26. The van der Waals surface area contributed by atoms with Gasteiger partial charge in [0, 0.05) is 5.41 Å². The number of benzene rings is 3. The minimum Gasteiger partial charge on any atom is -0.457 e. The normalized spacial score (nSPS) is 13.4. The molecule has 3 aromatic rings. The monoisotopic (exact) mass is 430 g/mol. The van der Waals surface area contributed by atoms with E-state index in [4.69, 9.17) is 9.47 Å². The molecule has 0 heterocycles. The van der Waals surface area contributed by atoms with Crippen molar-refractivity contribution in [3.63, 3.8) is 0 Å². The van der Waals surface area contributed by atoms with Gasteiger partial charge in [-0.15, -0.1) is 0 Å². The molecule has 0 aliphatic rings. The summed E-state index contributed by atoms with van der Waals surface area (Å²) < 4.78 is 12.2. The van der Waals surface area contributed by atoms with E-state index in [-0.39, 0.29) is 5.41 Å². The number of hydrogen-bond acceptors (Lipinski definition) is 2. The Morgan fingerprint density at radius 2 is 1.44 bits per heavy atom. The van der Waals surface area contributed by atoms with Crippen molar-refractivity contribution in [1.82, 2.24) is 0 Å². The third-order valence-corrected chi connectivity index (χ3v) is 6.37. The summed E-state index contributed by atoms with van der Waals surface area (Å²) in [6.07, 6.45) is 1.03. The Labute approximate surface area is 194 Å². The fraction of sp³-hybridized carbons (Fsp3) is 0.400. The summed E-state index contributed by atoms with van der Waals surface area (Å²) >= 11 is 0. The topological polar surface area (TPSA) is 18.5 Å². The van der Waals surface area contributed by atoms with Gasteiger partial charge in [-0.2, -0.15) is 0 Å². The van der Waals surface area contributed by atoms with Crippen LogP contribution in [0.2, 0.25) is 0 Å². The molecule has 0 saturated heterocycles. The van der Waals surface area contributed by atoms with E-state index in [1.807, 2.05) is 42.5 Å². The quantitative estimate of drug-likeness (QED) is 0.320. The van der Waals surface area contributed by atoms with Gasteiger partial charge in [-0.05, 0) is 64.8 Å². The molecule has 0 N–H and O–H groups in total. The number of hydrogen-bond donors (Lipinski definition) is 0. The Morgan fingerprint density at radius 1 is 0.750 bits per heavy atom. The fourth-order valence-electron chi connectivity index (χ4n) is 4.08. The van der Waals surface area contributed by atoms with Crippen molar-refractivity contribution < 1.29 is 9.47 Å². The Bertz CT molecular complexity index is 991. The lowest BCUT2D eigenvalue weighted by Gasteiger charge is -2.30. The van der Waals surface area contributed by atoms with Gasteiger partial charge in [0.2, 0.25) is 0 Å². The Balaban J connectivity index is 1.69. The Kier molecular flexibility index (Phi) is 8.15. The lowest BCUT2D eigenvalue weighted by atomic mass is 9.77. The van der Waals surface area contributed by atoms with Crippen LogP contribution < -0.4 is 4.74 Å². The molecule has 0 bridgehead atoms. The van der Waals surface area contributed by atoms with Gasteiger partial charge in [0.15, 0.2) is 0 Å². The molecule has 2 heteroatoms. The second kappa shape index (κ2) is 10.8. The van der Waals surface area contributed by atoms with Crippen LogP contribution in [0.25, 0.3) is 0 Å². The van der Waals surface area contributed by atoms with Crippen molar-refractivity contribution >= 4 is 0 Å². The zero-order valence-electron chi connectivity index (χ0n) is 20.5. The van der Waals surface area contributed by atoms with E-state index in [9.17, 15) is 0 Å². The zero-order chi connectivity index (χ0) is 23.1. The van der Waals surface area contributed by atoms with E-state index in [0.29, 0.717) is 25.0 Å². The third-order valence-electron chi connectivity index (χ3n) is 6.37. The second-order valence-electron chi connectivity index (χ2n) is 9.62. The van der Waals surface area contributed by atoms with Crippen LogP contribution in [0.4, 0.5) is 0 Å². The molecule has 3 rings (SSSR count). The molecular weight excluding hydrogens is 392 g/mol. The van der Waals surface area contributed by atoms with E-state index in [2.05, 4.69) is 71.9 Å². The van der Waals surface area contributed by atoms with Gasteiger partial charge in [-0.25, -0.2) is 0 Å². The summed E-state index contributed by atoms with van der Waals surface area (Å²) in [6, 6.07) is 25.1. The van der Waals surface area contributed by atoms with Crippen LogP contribution in [0.15, 0.2) is 72.8 Å². The van der Waals surface area contributed by atoms with Gasteiger partial charge >= 0.3 is 0 Å². The lowest BCUT2D eigenvalue weighted by molar-refractivity contribution is 0.0746. The molecule has 1 unspecified atom stereocenters. The highest BCUT2D eigenvalue weighted by Crippen LogP contribution is 2.34. The first-order valence-electron chi connectivity index (χ1n) is 11.9. The Hall–Kier alpha value is -2.58. The average molecular weight is 431 g/mol. The van der Waals surface area contributed by atoms with Gasteiger partial charge in [-0.1, -0.05) is 90.1 Å². The van der Waals surface area contributed by atoms with E-state index < -0.39 is 0 Å². The maximum absolute atomic E-state index is 6.26. The zero-order valence-corrected chi connectivity index (χ0v) is 20.5. The molecule has 0 aliphatic heterocycles. The molecule has 32 heavy (non-hydrogen) atoms. The summed E-state index contributed by atoms with van der Waals surface area (Å²) in [4.78, 5) is 0. The summed E-state index contributed by atoms with van der Waals surface area (Å²) in [5.74, 6) is 2.73. The first-order valence-corrected chi connectivity index (χ1v) is 11.9. The molecule has 2 nitrogen and oxygen atoms in total. The van der Waals surface area contributed by atoms with E-state index in [1.165, 1.54) is 16.7 Å². The predicted molar refractivity (Wildman–Crippen MR) is 135 cm³/mol. The van der Waals surface area contributed by atoms with E-state index in [0.717, 1.165) is 23.5 Å². The van der Waals surface area contributed by atoms with Gasteiger partial charge in [0.1, 0.15) is 11.5 Å². The molecule has 1 atom stereocenters. The molecule has 0 radical (unpaired) electrons. The average Bonchev–Trinajstić information content (AvgIpc) is 2.79. The van der Waals surface area contributed by atoms with Crippen LogP contribution in [0.5, 0.6) is 11.5 Å². The van der Waals surface area contributed by atoms with E-state index >= 15 is 0 Å². The molecule has 0 fully saturated rings. The number of ether oxygens (including phenoxy) is 2. The van der Waals surface area contributed by atoms with Gasteiger partial charge in [0.25, 0.3) is 0 Å². The summed E-state index contributed by atoms with van der Waals surface area (Å²) in [6.45, 7) is 15.0. The van der Waals surface area contributed by atoms with Gasteiger partial charge in [-0.3, -0.25) is 0 Å². The van der Waals surface area contributed by atoms with Crippen LogP contribution in [0.3, 0.4) is 0 Å². The maximum Gasteiger partial charge on any atom is 0.127 e. The molecule has 0 aromatic heterocycles. The molecule has 170 valence electrons. The van der Waals surface area contributed by atoms with Crippen LogP contribution in [0.1, 0.15) is 82.1 Å². The summed E-state index contributed by atoms with van der Waals surface area (Å²) in [5.41, 5.74) is 5.39. The van der Waals surface area contributed by atoms with Crippen molar-refractivity contribution in [2.75, 3.05) is 6.61 Å². The standard InChI is InChI=1S/C30H38O2/c1-7-30(6,25-16-17-28(22(2)3)29(19-25)23(4)5)21-31-20-24-12-11-15-27(18-24)32-26-13-9-8-10-14-26/h8-19,22-23H,7,20-21H2,1-6H3. The highest BCUT2D eigenvalue weighted by molar-refractivity contribution is 5.39. The SMILES string of the molecule is CCC(C)(COCc1cccc(Oc2ccccc2)c1)c1ccc(C(C)C)c(C(C)C)c1. The number of para-hydroxylation sites is 1. The fourth-order valence-corrected chi connectivity index (χ4v) is 4.08. The van der Waals surface area contributed by atoms with Crippen molar-refractivity contribution in [2.45, 2.75) is 71.8 Å². The van der Waals surface area contributed by atoms with Gasteiger partial charge < -0.3 is 9.47 Å². The summed E-state index contributed by atoms with van der Waals surface area (Å²) in [5, 5.41) is 0. The lowest BCUT2D eigenvalue weighted by Crippen LogP contribution is -2.28. The van der Waals surface area contributed by atoms with Crippen LogP contribution in [-0.4, -0.2) is 6.61 Å². The van der Waals surface area contributed by atoms with Crippen molar-refractivity contribution in [2.24, 2.45) is 0 Å². The largest absolute Gasteiger partial charge is 0.457 e. The van der Waals surface area contributed by atoms with Gasteiger partial charge in [0.05, 0.1) is 13.2 Å². The van der Waals surface area contributed by atoms with Crippen LogP contribution in [-0.2, 0) is 16.8 Å². The highest BCUT2D eigenvalue weighted by atomic mass is 16.5. The molecule has 0 spiro atoms. The number of rotatable bonds is 10. The Morgan fingerprint density at radius 3 is 2.09 bits per heavy atom.